The molecule has 1 amide bonds. The molecule has 1 aromatic heterocycles. The monoisotopic (exact) mass is 419 g/mol. The van der Waals surface area contributed by atoms with Gasteiger partial charge in [-0.05, 0) is 42.0 Å². The maximum atomic E-state index is 12.8. The maximum Gasteiger partial charge on any atom is 0.261 e. The number of hydrogen-bond acceptors (Lipinski definition) is 5. The third-order valence-corrected chi connectivity index (χ3v) is 5.73. The summed E-state index contributed by atoms with van der Waals surface area (Å²) >= 11 is 1.23. The van der Waals surface area contributed by atoms with Gasteiger partial charge in [-0.3, -0.25) is 14.2 Å². The van der Waals surface area contributed by atoms with Crippen LogP contribution >= 0.6 is 11.8 Å². The van der Waals surface area contributed by atoms with Crippen LogP contribution in [-0.2, 0) is 11.8 Å². The van der Waals surface area contributed by atoms with Crippen molar-refractivity contribution in [2.45, 2.75) is 12.1 Å². The number of hydrogen-bond donors (Lipinski definition) is 1. The van der Waals surface area contributed by atoms with E-state index in [9.17, 15) is 9.59 Å². The van der Waals surface area contributed by atoms with Crippen LogP contribution in [0.1, 0.15) is 6.92 Å². The van der Waals surface area contributed by atoms with E-state index in [1.54, 1.807) is 13.1 Å². The van der Waals surface area contributed by atoms with Gasteiger partial charge >= 0.3 is 0 Å². The van der Waals surface area contributed by atoms with Crippen molar-refractivity contribution in [2.75, 3.05) is 17.7 Å². The molecule has 1 heterocycles. The molecule has 0 spiro atoms. The first-order chi connectivity index (χ1) is 14.6. The van der Waals surface area contributed by atoms with Crippen molar-refractivity contribution in [1.29, 1.82) is 0 Å². The number of para-hydroxylation sites is 2. The lowest BCUT2D eigenvalue weighted by molar-refractivity contribution is -0.113. The summed E-state index contributed by atoms with van der Waals surface area (Å²) in [6.07, 6.45) is 0. The zero-order valence-corrected chi connectivity index (χ0v) is 17.5. The van der Waals surface area contributed by atoms with Gasteiger partial charge < -0.3 is 10.1 Å². The van der Waals surface area contributed by atoms with Gasteiger partial charge in [0.1, 0.15) is 5.75 Å². The Morgan fingerprint density at radius 3 is 2.57 bits per heavy atom. The van der Waals surface area contributed by atoms with E-state index in [4.69, 9.17) is 4.74 Å². The van der Waals surface area contributed by atoms with Crippen molar-refractivity contribution < 1.29 is 9.53 Å². The number of ether oxygens (including phenoxy) is 1. The average Bonchev–Trinajstić information content (AvgIpc) is 2.76. The van der Waals surface area contributed by atoms with E-state index in [1.807, 2.05) is 61.5 Å². The molecule has 0 radical (unpaired) electrons. The van der Waals surface area contributed by atoms with Crippen molar-refractivity contribution in [1.82, 2.24) is 9.55 Å². The van der Waals surface area contributed by atoms with Crippen LogP contribution in [0.3, 0.4) is 0 Å². The van der Waals surface area contributed by atoms with Gasteiger partial charge in [-0.15, -0.1) is 0 Å². The number of nitrogens with zero attached hydrogens (tertiary/aromatic N) is 2. The first-order valence-electron chi connectivity index (χ1n) is 9.61. The van der Waals surface area contributed by atoms with Crippen LogP contribution in [-0.4, -0.2) is 27.8 Å². The standard InChI is InChI=1S/C23H21N3O3S/c1-3-29-20-11-7-6-10-18(20)24-21(27)14-30-23-25-19-13-16-9-5-4-8-15(16)12-17(19)22(28)26(23)2/h4-13H,3,14H2,1-2H3,(H,24,27). The summed E-state index contributed by atoms with van der Waals surface area (Å²) in [4.78, 5) is 29.9. The van der Waals surface area contributed by atoms with Gasteiger partial charge in [0.15, 0.2) is 5.16 Å². The number of carbonyl (C=O) groups is 1. The fraction of sp³-hybridized carbons (Fsp3) is 0.174. The molecule has 7 heteroatoms. The van der Waals surface area contributed by atoms with E-state index in [0.29, 0.717) is 34.1 Å². The van der Waals surface area contributed by atoms with Gasteiger partial charge in [-0.25, -0.2) is 4.98 Å². The molecular formula is C23H21N3O3S. The van der Waals surface area contributed by atoms with Crippen molar-refractivity contribution >= 4 is 45.0 Å². The number of aromatic nitrogens is 2. The van der Waals surface area contributed by atoms with Gasteiger partial charge in [-0.1, -0.05) is 48.2 Å². The first kappa shape index (κ1) is 20.0. The van der Waals surface area contributed by atoms with Crippen molar-refractivity contribution in [3.05, 3.63) is 71.0 Å². The molecule has 4 aromatic rings. The highest BCUT2D eigenvalue weighted by Crippen LogP contribution is 2.25. The number of amides is 1. The Bertz CT molecular complexity index is 1300. The molecule has 0 aliphatic carbocycles. The molecular weight excluding hydrogens is 398 g/mol. The Hall–Kier alpha value is -3.32. The molecule has 0 aliphatic heterocycles. The van der Waals surface area contributed by atoms with Crippen molar-refractivity contribution in [2.24, 2.45) is 7.05 Å². The summed E-state index contributed by atoms with van der Waals surface area (Å²) in [5.41, 5.74) is 1.12. The quantitative estimate of drug-likeness (QED) is 0.288. The largest absolute Gasteiger partial charge is 0.492 e. The normalized spacial score (nSPS) is 11.0. The molecule has 152 valence electrons. The van der Waals surface area contributed by atoms with E-state index >= 15 is 0 Å². The maximum absolute atomic E-state index is 12.8. The minimum Gasteiger partial charge on any atom is -0.492 e. The van der Waals surface area contributed by atoms with E-state index in [-0.39, 0.29) is 17.2 Å². The summed E-state index contributed by atoms with van der Waals surface area (Å²) in [7, 11) is 1.68. The van der Waals surface area contributed by atoms with Crippen LogP contribution in [0, 0.1) is 0 Å². The predicted molar refractivity (Wildman–Crippen MR) is 121 cm³/mol. The Balaban J connectivity index is 1.56. The molecule has 0 saturated heterocycles. The van der Waals surface area contributed by atoms with Gasteiger partial charge in [-0.2, -0.15) is 0 Å². The number of anilines is 1. The van der Waals surface area contributed by atoms with E-state index in [0.717, 1.165) is 10.8 Å². The minimum atomic E-state index is -0.194. The highest BCUT2D eigenvalue weighted by Gasteiger charge is 2.13. The summed E-state index contributed by atoms with van der Waals surface area (Å²) in [6.45, 7) is 2.41. The predicted octanol–water partition coefficient (Wildman–Crippen LogP) is 4.22. The molecule has 30 heavy (non-hydrogen) atoms. The van der Waals surface area contributed by atoms with Crippen LogP contribution < -0.4 is 15.6 Å². The van der Waals surface area contributed by atoms with Crippen molar-refractivity contribution in [3.8, 4) is 5.75 Å². The van der Waals surface area contributed by atoms with Gasteiger partial charge in [0, 0.05) is 7.05 Å². The smallest absolute Gasteiger partial charge is 0.261 e. The highest BCUT2D eigenvalue weighted by atomic mass is 32.2. The second kappa shape index (κ2) is 8.59. The Morgan fingerprint density at radius 1 is 1.10 bits per heavy atom. The number of benzene rings is 3. The van der Waals surface area contributed by atoms with E-state index in [2.05, 4.69) is 10.3 Å². The van der Waals surface area contributed by atoms with Gasteiger partial charge in [0.05, 0.1) is 29.0 Å². The fourth-order valence-electron chi connectivity index (χ4n) is 3.23. The zero-order valence-electron chi connectivity index (χ0n) is 16.7. The molecule has 3 aromatic carbocycles. The van der Waals surface area contributed by atoms with Crippen LogP contribution in [0.15, 0.2) is 70.6 Å². The van der Waals surface area contributed by atoms with Crippen molar-refractivity contribution in [3.63, 3.8) is 0 Å². The Labute approximate surface area is 177 Å². The topological polar surface area (TPSA) is 73.2 Å². The molecule has 0 fully saturated rings. The second-order valence-electron chi connectivity index (χ2n) is 6.74. The number of thioether (sulfide) groups is 1. The number of carbonyl (C=O) groups excluding carboxylic acids is 1. The summed E-state index contributed by atoms with van der Waals surface area (Å²) in [5.74, 6) is 0.557. The first-order valence-corrected chi connectivity index (χ1v) is 10.6. The Kier molecular flexibility index (Phi) is 5.72. The molecule has 6 nitrogen and oxygen atoms in total. The third kappa shape index (κ3) is 4.02. The number of fused-ring (bicyclic) bond motifs is 2. The lowest BCUT2D eigenvalue weighted by atomic mass is 10.1. The molecule has 0 atom stereocenters. The lowest BCUT2D eigenvalue weighted by Gasteiger charge is -2.12. The molecule has 0 unspecified atom stereocenters. The SMILES string of the molecule is CCOc1ccccc1NC(=O)CSc1nc2cc3ccccc3cc2c(=O)n1C. The number of rotatable bonds is 6. The number of nitrogens with one attached hydrogen (secondary N) is 1. The Morgan fingerprint density at radius 2 is 1.80 bits per heavy atom. The molecule has 4 rings (SSSR count). The average molecular weight is 420 g/mol. The van der Waals surface area contributed by atoms with Gasteiger partial charge in [0.25, 0.3) is 5.56 Å². The molecule has 0 aliphatic rings. The van der Waals surface area contributed by atoms with Crippen LogP contribution in [0.2, 0.25) is 0 Å². The second-order valence-corrected chi connectivity index (χ2v) is 7.68. The molecule has 0 bridgehead atoms. The molecule has 0 saturated carbocycles. The van der Waals surface area contributed by atoms with Crippen LogP contribution in [0.25, 0.3) is 21.7 Å². The molecule has 1 N–H and O–H groups in total. The van der Waals surface area contributed by atoms with E-state index < -0.39 is 0 Å². The summed E-state index contributed by atoms with van der Waals surface area (Å²) in [5, 5.41) is 5.94. The van der Waals surface area contributed by atoms with E-state index in [1.165, 1.54) is 16.3 Å². The van der Waals surface area contributed by atoms with Crippen LogP contribution in [0.5, 0.6) is 5.75 Å². The lowest BCUT2D eigenvalue weighted by Crippen LogP contribution is -2.21. The minimum absolute atomic E-state index is 0.125. The van der Waals surface area contributed by atoms with Gasteiger partial charge in [0.2, 0.25) is 5.91 Å². The highest BCUT2D eigenvalue weighted by molar-refractivity contribution is 7.99. The summed E-state index contributed by atoms with van der Waals surface area (Å²) in [6, 6.07) is 18.9. The third-order valence-electron chi connectivity index (χ3n) is 4.70. The summed E-state index contributed by atoms with van der Waals surface area (Å²) < 4.78 is 7.03. The van der Waals surface area contributed by atoms with Crippen LogP contribution in [0.4, 0.5) is 5.69 Å². The zero-order chi connectivity index (χ0) is 21.1. The fourth-order valence-corrected chi connectivity index (χ4v) is 4.01.